The molecular weight excluding hydrogens is 328 g/mol. The van der Waals surface area contributed by atoms with E-state index in [1.54, 1.807) is 12.1 Å². The summed E-state index contributed by atoms with van der Waals surface area (Å²) >= 11 is 6.06. The van der Waals surface area contributed by atoms with Crippen LogP contribution in [0, 0.1) is 0 Å². The summed E-state index contributed by atoms with van der Waals surface area (Å²) in [5.74, 6) is 0. The third-order valence-electron chi connectivity index (χ3n) is 3.67. The van der Waals surface area contributed by atoms with E-state index in [2.05, 4.69) is 4.98 Å². The molecule has 1 aromatic heterocycles. The van der Waals surface area contributed by atoms with E-state index >= 15 is 0 Å². The molecule has 0 aliphatic heterocycles. The molecule has 0 radical (unpaired) electrons. The van der Waals surface area contributed by atoms with Crippen LogP contribution in [-0.2, 0) is 17.9 Å². The highest BCUT2D eigenvalue weighted by Crippen LogP contribution is 2.16. The van der Waals surface area contributed by atoms with Crippen molar-refractivity contribution in [2.75, 3.05) is 6.61 Å². The highest BCUT2D eigenvalue weighted by Gasteiger charge is 2.10. The van der Waals surface area contributed by atoms with Gasteiger partial charge in [-0.3, -0.25) is 4.79 Å². The lowest BCUT2D eigenvalue weighted by atomic mass is 10.2. The van der Waals surface area contributed by atoms with Crippen molar-refractivity contribution in [3.8, 4) is 0 Å². The molecule has 124 valence electrons. The molecule has 1 unspecified atom stereocenters. The van der Waals surface area contributed by atoms with Crippen molar-refractivity contribution in [3.05, 3.63) is 75.7 Å². The largest absolute Gasteiger partial charge is 0.389 e. The fourth-order valence-electron chi connectivity index (χ4n) is 2.49. The van der Waals surface area contributed by atoms with E-state index in [1.165, 1.54) is 10.8 Å². The molecule has 1 N–H and O–H groups in total. The van der Waals surface area contributed by atoms with E-state index in [0.29, 0.717) is 22.7 Å². The van der Waals surface area contributed by atoms with Crippen LogP contribution in [0.5, 0.6) is 0 Å². The molecule has 0 aliphatic rings. The average Bonchev–Trinajstić information content (AvgIpc) is 2.59. The van der Waals surface area contributed by atoms with Crippen molar-refractivity contribution in [3.63, 3.8) is 0 Å². The molecule has 0 bridgehead atoms. The quantitative estimate of drug-likeness (QED) is 0.746. The first kappa shape index (κ1) is 16.6. The van der Waals surface area contributed by atoms with Gasteiger partial charge in [0.2, 0.25) is 0 Å². The molecule has 0 spiro atoms. The van der Waals surface area contributed by atoms with Gasteiger partial charge in [-0.05, 0) is 23.8 Å². The minimum absolute atomic E-state index is 0.105. The zero-order chi connectivity index (χ0) is 16.9. The summed E-state index contributed by atoms with van der Waals surface area (Å²) in [5.41, 5.74) is 2.01. The topological polar surface area (TPSA) is 64.4 Å². The maximum Gasteiger partial charge on any atom is 0.269 e. The van der Waals surface area contributed by atoms with Crippen LogP contribution in [0.15, 0.2) is 59.5 Å². The number of benzene rings is 2. The molecule has 0 saturated carbocycles. The van der Waals surface area contributed by atoms with E-state index in [4.69, 9.17) is 16.3 Å². The molecule has 2 aromatic carbocycles. The Morgan fingerprint density at radius 2 is 1.92 bits per heavy atom. The first-order valence-corrected chi connectivity index (χ1v) is 7.97. The van der Waals surface area contributed by atoms with Crippen LogP contribution in [0.3, 0.4) is 0 Å². The maximum atomic E-state index is 12.0. The molecule has 1 heterocycles. The number of hydrogen-bond acceptors (Lipinski definition) is 4. The lowest BCUT2D eigenvalue weighted by Crippen LogP contribution is -2.29. The summed E-state index contributed by atoms with van der Waals surface area (Å²) in [6.45, 7) is 0.557. The molecule has 0 amide bonds. The molecule has 0 saturated heterocycles. The van der Waals surface area contributed by atoms with Crippen molar-refractivity contribution in [1.82, 2.24) is 9.55 Å². The van der Waals surface area contributed by atoms with Gasteiger partial charge >= 0.3 is 0 Å². The molecule has 3 rings (SSSR count). The SMILES string of the molecule is O=c1cnc2ccccc2n1CC(O)COCc1ccccc1Cl. The van der Waals surface area contributed by atoms with Gasteiger partial charge in [-0.2, -0.15) is 0 Å². The van der Waals surface area contributed by atoms with Crippen molar-refractivity contribution < 1.29 is 9.84 Å². The number of nitrogens with zero attached hydrogens (tertiary/aromatic N) is 2. The van der Waals surface area contributed by atoms with E-state index in [9.17, 15) is 9.90 Å². The molecule has 0 aliphatic carbocycles. The summed E-state index contributed by atoms with van der Waals surface area (Å²) in [7, 11) is 0. The molecule has 1 atom stereocenters. The highest BCUT2D eigenvalue weighted by molar-refractivity contribution is 6.31. The highest BCUT2D eigenvalue weighted by atomic mass is 35.5. The molecule has 6 heteroatoms. The number of fused-ring (bicyclic) bond motifs is 1. The van der Waals surface area contributed by atoms with Crippen LogP contribution in [0.2, 0.25) is 5.02 Å². The fraction of sp³-hybridized carbons (Fsp3) is 0.222. The van der Waals surface area contributed by atoms with Gasteiger partial charge in [0.05, 0.1) is 43.1 Å². The summed E-state index contributed by atoms with van der Waals surface area (Å²) < 4.78 is 7.03. The minimum Gasteiger partial charge on any atom is -0.389 e. The number of aliphatic hydroxyl groups excluding tert-OH is 1. The summed E-state index contributed by atoms with van der Waals surface area (Å²) in [6, 6.07) is 14.7. The van der Waals surface area contributed by atoms with E-state index in [-0.39, 0.29) is 18.7 Å². The number of hydrogen-bond donors (Lipinski definition) is 1. The molecule has 0 fully saturated rings. The van der Waals surface area contributed by atoms with Gasteiger partial charge < -0.3 is 14.4 Å². The van der Waals surface area contributed by atoms with Gasteiger partial charge in [0.15, 0.2) is 0 Å². The average molecular weight is 345 g/mol. The van der Waals surface area contributed by atoms with Crippen LogP contribution >= 0.6 is 11.6 Å². The monoisotopic (exact) mass is 344 g/mol. The number of halogens is 1. The minimum atomic E-state index is -0.809. The first-order chi connectivity index (χ1) is 11.6. The second-order valence-corrected chi connectivity index (χ2v) is 5.86. The fourth-order valence-corrected chi connectivity index (χ4v) is 2.68. The third-order valence-corrected chi connectivity index (χ3v) is 4.04. The van der Waals surface area contributed by atoms with Gasteiger partial charge in [0.25, 0.3) is 5.56 Å². The zero-order valence-corrected chi connectivity index (χ0v) is 13.7. The summed E-state index contributed by atoms with van der Waals surface area (Å²) in [5, 5.41) is 10.8. The molecule has 5 nitrogen and oxygen atoms in total. The Morgan fingerprint density at radius 3 is 2.75 bits per heavy atom. The molecule has 3 aromatic rings. The van der Waals surface area contributed by atoms with Crippen LogP contribution in [0.4, 0.5) is 0 Å². The smallest absolute Gasteiger partial charge is 0.269 e. The van der Waals surface area contributed by atoms with Gasteiger partial charge in [-0.15, -0.1) is 0 Å². The lowest BCUT2D eigenvalue weighted by Gasteiger charge is -2.15. The van der Waals surface area contributed by atoms with Crippen LogP contribution in [0.1, 0.15) is 5.56 Å². The van der Waals surface area contributed by atoms with Gasteiger partial charge in [0, 0.05) is 5.02 Å². The number of rotatable bonds is 6. The normalized spacial score (nSPS) is 12.4. The molecular formula is C18H17ClN2O3. The van der Waals surface area contributed by atoms with Gasteiger partial charge in [-0.1, -0.05) is 41.9 Å². The Labute approximate surface area is 144 Å². The van der Waals surface area contributed by atoms with Gasteiger partial charge in [-0.25, -0.2) is 4.98 Å². The van der Waals surface area contributed by atoms with Crippen molar-refractivity contribution in [1.29, 1.82) is 0 Å². The summed E-state index contributed by atoms with van der Waals surface area (Å²) in [6.07, 6.45) is 0.454. The van der Waals surface area contributed by atoms with Crippen molar-refractivity contribution >= 4 is 22.6 Å². The lowest BCUT2D eigenvalue weighted by molar-refractivity contribution is 0.0205. The Morgan fingerprint density at radius 1 is 1.17 bits per heavy atom. The Bertz CT molecular complexity index is 895. The number of aromatic nitrogens is 2. The standard InChI is InChI=1S/C18H17ClN2O3/c19-15-6-2-1-5-13(15)11-24-12-14(22)10-21-17-8-4-3-7-16(17)20-9-18(21)23/h1-9,14,22H,10-12H2. The van der Waals surface area contributed by atoms with Crippen LogP contribution < -0.4 is 5.56 Å². The first-order valence-electron chi connectivity index (χ1n) is 7.59. The number of aliphatic hydroxyl groups is 1. The van der Waals surface area contributed by atoms with E-state index in [0.717, 1.165) is 5.56 Å². The second-order valence-electron chi connectivity index (χ2n) is 5.46. The predicted molar refractivity (Wildman–Crippen MR) is 93.1 cm³/mol. The van der Waals surface area contributed by atoms with E-state index in [1.807, 2.05) is 36.4 Å². The molecule has 24 heavy (non-hydrogen) atoms. The third kappa shape index (κ3) is 3.82. The van der Waals surface area contributed by atoms with E-state index < -0.39 is 6.10 Å². The Hall–Kier alpha value is -2.21. The second kappa shape index (κ2) is 7.57. The Kier molecular flexibility index (Phi) is 5.25. The number of ether oxygens (including phenoxy) is 1. The Balaban J connectivity index is 1.65. The van der Waals surface area contributed by atoms with Crippen molar-refractivity contribution in [2.24, 2.45) is 0 Å². The van der Waals surface area contributed by atoms with Crippen LogP contribution in [-0.4, -0.2) is 27.4 Å². The maximum absolute atomic E-state index is 12.0. The predicted octanol–water partition coefficient (Wildman–Crippen LogP) is 2.63. The zero-order valence-electron chi connectivity index (χ0n) is 12.9. The van der Waals surface area contributed by atoms with Crippen LogP contribution in [0.25, 0.3) is 11.0 Å². The van der Waals surface area contributed by atoms with Gasteiger partial charge in [0.1, 0.15) is 0 Å². The van der Waals surface area contributed by atoms with Crippen molar-refractivity contribution in [2.45, 2.75) is 19.3 Å². The summed E-state index contributed by atoms with van der Waals surface area (Å²) in [4.78, 5) is 16.1. The number of para-hydroxylation sites is 2.